The smallest absolute Gasteiger partial charge is 0.339 e. The van der Waals surface area contributed by atoms with Gasteiger partial charge in [-0.2, -0.15) is 0 Å². The van der Waals surface area contributed by atoms with E-state index in [2.05, 4.69) is 0 Å². The Bertz CT molecular complexity index is 3060. The SMILES string of the molecule is CCC(C)(C)C(=O)O.CCC(C)(C)C(=O)OCCCCCC(=O)OCCCCCC(=O)O.CCC(C)(C)C(=O)OCCOC(=O)CCC(=O)O.CCC(C)(C)C(=O)OCCOC(=O)c1ccc(C(=O)O)cc1C(=O)O.CCC(C)(C)C(=O)OCCOC(=O)c1ccccc1C(=O)O.CCC(C)C(=O)O. The van der Waals surface area contributed by atoms with Crippen LogP contribution in [-0.2, 0) is 85.8 Å². The summed E-state index contributed by atoms with van der Waals surface area (Å²) in [5.74, 6) is -11.3. The summed E-state index contributed by atoms with van der Waals surface area (Å²) in [5.41, 5.74) is -3.93. The molecule has 0 aliphatic rings. The second-order valence-electron chi connectivity index (χ2n) is 26.5. The fourth-order valence-electron chi connectivity index (χ4n) is 6.35. The van der Waals surface area contributed by atoms with E-state index in [-0.39, 0.29) is 111 Å². The van der Waals surface area contributed by atoms with Gasteiger partial charge in [0.15, 0.2) is 0 Å². The first kappa shape index (κ1) is 101. The molecular weight excluding hydrogens is 1370 g/mol. The molecule has 0 saturated carbocycles. The third-order valence-corrected chi connectivity index (χ3v) is 16.1. The maximum atomic E-state index is 12.0. The van der Waals surface area contributed by atoms with Gasteiger partial charge in [0.1, 0.15) is 39.6 Å². The fourth-order valence-corrected chi connectivity index (χ4v) is 6.35. The standard InChI is InChI=1S/C18H32O6.C17H20O8.C16H20O6.C12H20O6.C6H12O2.C5H10O2/c1-4-18(2,3)17(22)24-14-10-6-8-12-16(21)23-13-9-5-7-11-15(19)20;1-4-17(2,3)16(23)25-8-7-24-15(22)11-6-5-10(13(18)19)9-12(11)14(20)21;1-4-16(2,3)15(20)22-10-9-21-14(19)12-8-6-5-7-11(12)13(17)18;1-4-12(2,3)11(16)18-8-7-17-10(15)6-5-9(13)14;1-4-6(2,3)5(7)8;1-3-4(2)5(6)7/h4-14H2,1-3H3,(H,19,20);5-6,9H,4,7-8H2,1-3H3,(H,18,19)(H,20,21);5-8H,4,9-10H2,1-3H3,(H,17,18);4-8H2,1-3H3,(H,13,14);4H2,1-3H3,(H,7,8);4H,3H2,1-2H3,(H,6,7). The van der Waals surface area contributed by atoms with E-state index in [1.165, 1.54) is 18.2 Å². The van der Waals surface area contributed by atoms with Crippen molar-refractivity contribution in [2.45, 2.75) is 220 Å². The molecule has 1 atom stereocenters. The lowest BCUT2D eigenvalue weighted by Gasteiger charge is -2.20. The molecule has 2 aromatic rings. The highest BCUT2D eigenvalue weighted by Crippen LogP contribution is 2.25. The Morgan fingerprint density at radius 1 is 0.337 bits per heavy atom. The number of rotatable bonds is 41. The molecule has 104 heavy (non-hydrogen) atoms. The van der Waals surface area contributed by atoms with Crippen molar-refractivity contribution in [1.82, 2.24) is 0 Å². The number of carboxylic acids is 7. The maximum absolute atomic E-state index is 12.0. The molecule has 2 rings (SSSR count). The lowest BCUT2D eigenvalue weighted by Crippen LogP contribution is -2.27. The lowest BCUT2D eigenvalue weighted by atomic mass is 9.91. The maximum Gasteiger partial charge on any atom is 0.339 e. The van der Waals surface area contributed by atoms with Crippen LogP contribution in [0.2, 0.25) is 0 Å². The van der Waals surface area contributed by atoms with E-state index in [4.69, 9.17) is 73.6 Å². The molecule has 0 heterocycles. The number of hydrogen-bond donors (Lipinski definition) is 7. The first-order valence-electron chi connectivity index (χ1n) is 34.3. The minimum atomic E-state index is -1.45. The number of aliphatic carboxylic acids is 4. The Hall–Kier alpha value is -9.51. The minimum absolute atomic E-state index is 0.0128. The third-order valence-electron chi connectivity index (χ3n) is 16.1. The minimum Gasteiger partial charge on any atom is -0.481 e. The summed E-state index contributed by atoms with van der Waals surface area (Å²) in [4.78, 5) is 167. The van der Waals surface area contributed by atoms with E-state index in [0.717, 1.165) is 50.3 Å². The molecule has 590 valence electrons. The Labute approximate surface area is 609 Å². The van der Waals surface area contributed by atoms with Crippen LogP contribution < -0.4 is 0 Å². The van der Waals surface area contributed by atoms with Gasteiger partial charge >= 0.3 is 89.5 Å². The zero-order chi connectivity index (χ0) is 81.2. The van der Waals surface area contributed by atoms with Crippen molar-refractivity contribution in [3.8, 4) is 0 Å². The van der Waals surface area contributed by atoms with Crippen molar-refractivity contribution in [1.29, 1.82) is 0 Å². The average molecular weight is 1480 g/mol. The van der Waals surface area contributed by atoms with Crippen LogP contribution in [0.5, 0.6) is 0 Å². The molecule has 0 aliphatic carbocycles. The van der Waals surface area contributed by atoms with Gasteiger partial charge in [0.25, 0.3) is 0 Å². The third kappa shape index (κ3) is 46.2. The molecule has 30 nitrogen and oxygen atoms in total. The van der Waals surface area contributed by atoms with Gasteiger partial charge in [0.2, 0.25) is 0 Å². The average Bonchev–Trinajstić information content (AvgIpc) is 0.798. The van der Waals surface area contributed by atoms with E-state index in [1.54, 1.807) is 68.4 Å². The zero-order valence-corrected chi connectivity index (χ0v) is 63.6. The molecule has 30 heteroatoms. The molecule has 2 aromatic carbocycles. The second-order valence-corrected chi connectivity index (χ2v) is 26.5. The number of benzene rings is 2. The highest BCUT2D eigenvalue weighted by atomic mass is 16.6. The van der Waals surface area contributed by atoms with Gasteiger partial charge in [-0.05, 0) is 177 Å². The van der Waals surface area contributed by atoms with Crippen molar-refractivity contribution in [2.24, 2.45) is 33.0 Å². The molecule has 0 spiro atoms. The number of ether oxygens (including phenoxy) is 8. The number of carbonyl (C=O) groups is 15. The molecule has 0 amide bonds. The van der Waals surface area contributed by atoms with Crippen LogP contribution in [0.25, 0.3) is 0 Å². The molecule has 0 aliphatic heterocycles. The number of esters is 8. The number of carboxylic acid groups (broad SMARTS) is 7. The van der Waals surface area contributed by atoms with Gasteiger partial charge in [-0.15, -0.1) is 0 Å². The van der Waals surface area contributed by atoms with Crippen LogP contribution in [-0.4, -0.2) is 178 Å². The predicted molar refractivity (Wildman–Crippen MR) is 377 cm³/mol. The van der Waals surface area contributed by atoms with E-state index in [9.17, 15) is 71.9 Å². The van der Waals surface area contributed by atoms with Crippen LogP contribution in [0, 0.1) is 33.0 Å². The van der Waals surface area contributed by atoms with Gasteiger partial charge < -0.3 is 73.6 Å². The normalized spacial score (nSPS) is 11.1. The summed E-state index contributed by atoms with van der Waals surface area (Å²) in [5, 5.41) is 60.4. The Morgan fingerprint density at radius 2 is 0.663 bits per heavy atom. The summed E-state index contributed by atoms with van der Waals surface area (Å²) >= 11 is 0. The van der Waals surface area contributed by atoms with Crippen LogP contribution in [0.4, 0.5) is 0 Å². The van der Waals surface area contributed by atoms with E-state index in [1.807, 2.05) is 55.4 Å². The summed E-state index contributed by atoms with van der Waals surface area (Å²) in [6.07, 6.45) is 8.44. The van der Waals surface area contributed by atoms with Crippen LogP contribution >= 0.6 is 0 Å². The first-order valence-corrected chi connectivity index (χ1v) is 34.3. The van der Waals surface area contributed by atoms with Crippen molar-refractivity contribution in [3.05, 3.63) is 70.3 Å². The van der Waals surface area contributed by atoms with Gasteiger partial charge in [-0.25, -0.2) is 24.0 Å². The molecule has 0 bridgehead atoms. The summed E-state index contributed by atoms with van der Waals surface area (Å²) < 4.78 is 39.8. The van der Waals surface area contributed by atoms with Crippen molar-refractivity contribution >= 4 is 89.5 Å². The number of aromatic carboxylic acids is 3. The molecule has 0 saturated heterocycles. The largest absolute Gasteiger partial charge is 0.481 e. The van der Waals surface area contributed by atoms with Gasteiger partial charge in [-0.1, -0.05) is 60.6 Å². The molecule has 0 aromatic heterocycles. The zero-order valence-electron chi connectivity index (χ0n) is 63.6. The predicted octanol–water partition coefficient (Wildman–Crippen LogP) is 12.5. The molecule has 0 radical (unpaired) electrons. The Kier molecular flexibility index (Phi) is 51.7. The van der Waals surface area contributed by atoms with E-state index < -0.39 is 98.3 Å². The summed E-state index contributed by atoms with van der Waals surface area (Å²) in [7, 11) is 0. The second kappa shape index (κ2) is 53.3. The molecule has 1 unspecified atom stereocenters. The molecular formula is C74H114O30. The van der Waals surface area contributed by atoms with Gasteiger partial charge in [0.05, 0.1) is 86.9 Å². The van der Waals surface area contributed by atoms with E-state index in [0.29, 0.717) is 64.6 Å². The quantitative estimate of drug-likeness (QED) is 0.0185. The van der Waals surface area contributed by atoms with Crippen molar-refractivity contribution < 1.29 is 146 Å². The van der Waals surface area contributed by atoms with Crippen molar-refractivity contribution in [3.63, 3.8) is 0 Å². The Morgan fingerprint density at radius 3 is 0.990 bits per heavy atom. The monoisotopic (exact) mass is 1480 g/mol. The van der Waals surface area contributed by atoms with Crippen molar-refractivity contribution in [2.75, 3.05) is 52.9 Å². The summed E-state index contributed by atoms with van der Waals surface area (Å²) in [6.45, 7) is 30.8. The molecule has 0 fully saturated rings. The number of hydrogen-bond acceptors (Lipinski definition) is 23. The molecule has 7 N–H and O–H groups in total. The number of unbranched alkanes of at least 4 members (excludes halogenated alkanes) is 4. The highest BCUT2D eigenvalue weighted by Gasteiger charge is 2.31. The van der Waals surface area contributed by atoms with Crippen LogP contribution in [0.1, 0.15) is 272 Å². The van der Waals surface area contributed by atoms with Gasteiger partial charge in [-0.3, -0.25) is 47.9 Å². The van der Waals surface area contributed by atoms with Gasteiger partial charge in [0, 0.05) is 12.8 Å². The van der Waals surface area contributed by atoms with Crippen LogP contribution in [0.15, 0.2) is 42.5 Å². The Balaban J connectivity index is -0.000000602. The fraction of sp³-hybridized carbons (Fsp3) is 0.635. The van der Waals surface area contributed by atoms with E-state index >= 15 is 0 Å². The van der Waals surface area contributed by atoms with Crippen LogP contribution in [0.3, 0.4) is 0 Å². The first-order chi connectivity index (χ1) is 48.2. The summed E-state index contributed by atoms with van der Waals surface area (Å²) in [6, 6.07) is 8.82. The topological polar surface area (TPSA) is 472 Å². The highest BCUT2D eigenvalue weighted by molar-refractivity contribution is 6.04. The lowest BCUT2D eigenvalue weighted by molar-refractivity contribution is -0.159. The number of carbonyl (C=O) groups excluding carboxylic acids is 8.